The van der Waals surface area contributed by atoms with Gasteiger partial charge in [0.25, 0.3) is 0 Å². The third-order valence-electron chi connectivity index (χ3n) is 6.21. The van der Waals surface area contributed by atoms with Gasteiger partial charge in [-0.15, -0.1) is 0 Å². The number of nitrogens with zero attached hydrogens (tertiary/aromatic N) is 1. The number of carbonyl (C=O) groups excluding carboxylic acids is 2. The topological polar surface area (TPSA) is 76.1 Å². The Morgan fingerprint density at radius 3 is 2.83 bits per heavy atom. The summed E-state index contributed by atoms with van der Waals surface area (Å²) in [5.41, 5.74) is -2.63. The van der Waals surface area contributed by atoms with Crippen LogP contribution in [0.25, 0.3) is 0 Å². The summed E-state index contributed by atoms with van der Waals surface area (Å²) < 4.78 is 11.2. The van der Waals surface area contributed by atoms with E-state index in [-0.39, 0.29) is 17.9 Å². The van der Waals surface area contributed by atoms with Crippen LogP contribution in [0.3, 0.4) is 0 Å². The van der Waals surface area contributed by atoms with Gasteiger partial charge >= 0.3 is 5.97 Å². The first kappa shape index (κ1) is 17.4. The standard InChI is InChI=1S/C18H27NO5/c1-11-10-13-15(21)19(3)18(16(22)23-4,17(13,2)24-11)14(20)12-8-6-5-7-9-12/h6,8,11-14,20H,5,7,9-10H2,1-4H3/t11?,12-,13+,14-,17+,18+/m1/s1. The molecule has 24 heavy (non-hydrogen) atoms. The maximum atomic E-state index is 13.0. The van der Waals surface area contributed by atoms with Crippen molar-refractivity contribution in [2.75, 3.05) is 14.2 Å². The zero-order valence-electron chi connectivity index (χ0n) is 14.8. The Kier molecular flexibility index (Phi) is 4.24. The molecule has 2 aliphatic heterocycles. The lowest BCUT2D eigenvalue weighted by molar-refractivity contribution is -0.194. The van der Waals surface area contributed by atoms with Gasteiger partial charge in [0.2, 0.25) is 5.91 Å². The Bertz CT molecular complexity index is 576. The summed E-state index contributed by atoms with van der Waals surface area (Å²) >= 11 is 0. The summed E-state index contributed by atoms with van der Waals surface area (Å²) in [6, 6.07) is 0. The molecule has 1 aliphatic carbocycles. The van der Waals surface area contributed by atoms with Gasteiger partial charge in [0.15, 0.2) is 5.54 Å². The van der Waals surface area contributed by atoms with Crippen LogP contribution in [0.2, 0.25) is 0 Å². The maximum Gasteiger partial charge on any atom is 0.337 e. The number of aliphatic hydroxyl groups is 1. The summed E-state index contributed by atoms with van der Waals surface area (Å²) in [7, 11) is 2.87. The molecular weight excluding hydrogens is 310 g/mol. The van der Waals surface area contributed by atoms with Gasteiger partial charge in [-0.25, -0.2) is 4.79 Å². The van der Waals surface area contributed by atoms with Gasteiger partial charge in [0, 0.05) is 13.0 Å². The molecule has 0 bridgehead atoms. The van der Waals surface area contributed by atoms with Crippen LogP contribution >= 0.6 is 0 Å². The number of methoxy groups -OCH3 is 1. The monoisotopic (exact) mass is 337 g/mol. The molecule has 3 aliphatic rings. The van der Waals surface area contributed by atoms with Gasteiger partial charge in [-0.05, 0) is 39.5 Å². The molecule has 0 aromatic rings. The largest absolute Gasteiger partial charge is 0.467 e. The third kappa shape index (κ3) is 2.02. The highest BCUT2D eigenvalue weighted by molar-refractivity contribution is 5.97. The Labute approximate surface area is 142 Å². The van der Waals surface area contributed by atoms with E-state index in [4.69, 9.17) is 9.47 Å². The Hall–Kier alpha value is -1.40. The first-order valence-corrected chi connectivity index (χ1v) is 8.69. The molecule has 6 atom stereocenters. The lowest BCUT2D eigenvalue weighted by Crippen LogP contribution is -2.70. The number of allylic oxidation sites excluding steroid dienone is 1. The highest BCUT2D eigenvalue weighted by Gasteiger charge is 2.76. The van der Waals surface area contributed by atoms with Crippen molar-refractivity contribution in [2.45, 2.75) is 62.9 Å². The fraction of sp³-hybridized carbons (Fsp3) is 0.778. The molecule has 134 valence electrons. The molecule has 6 heteroatoms. The van der Waals surface area contributed by atoms with E-state index in [2.05, 4.69) is 0 Å². The molecule has 1 amide bonds. The number of fused-ring (bicyclic) bond motifs is 1. The highest BCUT2D eigenvalue weighted by atomic mass is 16.5. The van der Waals surface area contributed by atoms with Crippen molar-refractivity contribution in [2.24, 2.45) is 11.8 Å². The summed E-state index contributed by atoms with van der Waals surface area (Å²) in [4.78, 5) is 27.2. The predicted octanol–water partition coefficient (Wildman–Crippen LogP) is 1.27. The van der Waals surface area contributed by atoms with Gasteiger partial charge in [0.1, 0.15) is 5.60 Å². The van der Waals surface area contributed by atoms with Crippen LogP contribution in [0.1, 0.15) is 39.5 Å². The van der Waals surface area contributed by atoms with E-state index in [0.29, 0.717) is 6.42 Å². The molecule has 3 rings (SSSR count). The van der Waals surface area contributed by atoms with E-state index in [9.17, 15) is 14.7 Å². The van der Waals surface area contributed by atoms with E-state index < -0.39 is 29.1 Å². The van der Waals surface area contributed by atoms with Crippen molar-refractivity contribution >= 4 is 11.9 Å². The molecule has 2 heterocycles. The first-order valence-electron chi connectivity index (χ1n) is 8.69. The molecule has 0 radical (unpaired) electrons. The van der Waals surface area contributed by atoms with E-state index >= 15 is 0 Å². The van der Waals surface area contributed by atoms with Gasteiger partial charge in [-0.2, -0.15) is 0 Å². The summed E-state index contributed by atoms with van der Waals surface area (Å²) in [6.45, 7) is 3.67. The minimum atomic E-state index is -1.53. The van der Waals surface area contributed by atoms with Crippen LogP contribution in [0, 0.1) is 11.8 Å². The second-order valence-electron chi connectivity index (χ2n) is 7.45. The van der Waals surface area contributed by atoms with Gasteiger partial charge < -0.3 is 19.5 Å². The van der Waals surface area contributed by atoms with Crippen molar-refractivity contribution < 1.29 is 24.2 Å². The van der Waals surface area contributed by atoms with Crippen molar-refractivity contribution in [1.82, 2.24) is 4.90 Å². The first-order chi connectivity index (χ1) is 11.3. The molecule has 6 nitrogen and oxygen atoms in total. The van der Waals surface area contributed by atoms with Crippen LogP contribution in [0.4, 0.5) is 0 Å². The second kappa shape index (κ2) is 5.85. The number of likely N-dealkylation sites (tertiary alicyclic amines) is 1. The molecule has 0 aromatic heterocycles. The molecule has 1 unspecified atom stereocenters. The van der Waals surface area contributed by atoms with Crippen LogP contribution < -0.4 is 0 Å². The molecule has 0 aromatic carbocycles. The van der Waals surface area contributed by atoms with E-state index in [1.807, 2.05) is 19.1 Å². The number of aliphatic hydroxyl groups excluding tert-OH is 1. The molecule has 2 saturated heterocycles. The van der Waals surface area contributed by atoms with E-state index in [0.717, 1.165) is 19.3 Å². The maximum absolute atomic E-state index is 13.0. The van der Waals surface area contributed by atoms with Crippen molar-refractivity contribution in [3.8, 4) is 0 Å². The minimum Gasteiger partial charge on any atom is -0.467 e. The van der Waals surface area contributed by atoms with E-state index in [1.54, 1.807) is 14.0 Å². The summed E-state index contributed by atoms with van der Waals surface area (Å²) in [5.74, 6) is -1.42. The molecule has 2 fully saturated rings. The second-order valence-corrected chi connectivity index (χ2v) is 7.45. The Morgan fingerprint density at radius 1 is 1.54 bits per heavy atom. The minimum absolute atomic E-state index is 0.143. The van der Waals surface area contributed by atoms with Crippen molar-refractivity contribution in [1.29, 1.82) is 0 Å². The smallest absolute Gasteiger partial charge is 0.337 e. The number of carbonyl (C=O) groups is 2. The molecular formula is C18H27NO5. The SMILES string of the molecule is COC(=O)[C@]1([C@H](O)[C@@H]2C=CCCC2)N(C)C(=O)[C@@H]2CC(C)O[C@@]21C. The zero-order chi connectivity index (χ0) is 17.7. The zero-order valence-corrected chi connectivity index (χ0v) is 14.8. The van der Waals surface area contributed by atoms with Crippen LogP contribution in [0.5, 0.6) is 0 Å². The normalized spacial score (nSPS) is 43.0. The van der Waals surface area contributed by atoms with Crippen LogP contribution in [-0.4, -0.2) is 59.4 Å². The molecule has 0 saturated carbocycles. The lowest BCUT2D eigenvalue weighted by Gasteiger charge is -2.48. The fourth-order valence-electron chi connectivity index (χ4n) is 5.06. The summed E-state index contributed by atoms with van der Waals surface area (Å²) in [5, 5.41) is 11.3. The highest BCUT2D eigenvalue weighted by Crippen LogP contribution is 2.55. The average molecular weight is 337 g/mol. The number of esters is 1. The number of hydrogen-bond donors (Lipinski definition) is 1. The Morgan fingerprint density at radius 2 is 2.25 bits per heavy atom. The van der Waals surface area contributed by atoms with Crippen LogP contribution in [-0.2, 0) is 19.1 Å². The average Bonchev–Trinajstić information content (AvgIpc) is 2.96. The number of rotatable bonds is 3. The third-order valence-corrected chi connectivity index (χ3v) is 6.21. The van der Waals surface area contributed by atoms with Crippen LogP contribution in [0.15, 0.2) is 12.2 Å². The summed E-state index contributed by atoms with van der Waals surface area (Å²) in [6.07, 6.45) is 6.00. The van der Waals surface area contributed by atoms with Gasteiger partial charge in [-0.3, -0.25) is 4.79 Å². The predicted molar refractivity (Wildman–Crippen MR) is 87.1 cm³/mol. The van der Waals surface area contributed by atoms with Crippen molar-refractivity contribution in [3.63, 3.8) is 0 Å². The number of likely N-dealkylation sites (N-methyl/N-ethyl adjacent to an activating group) is 1. The van der Waals surface area contributed by atoms with E-state index in [1.165, 1.54) is 12.0 Å². The van der Waals surface area contributed by atoms with Crippen molar-refractivity contribution in [3.05, 3.63) is 12.2 Å². The number of ether oxygens (including phenoxy) is 2. The fourth-order valence-corrected chi connectivity index (χ4v) is 5.06. The van der Waals surface area contributed by atoms with Gasteiger partial charge in [-0.1, -0.05) is 12.2 Å². The lowest BCUT2D eigenvalue weighted by atomic mass is 9.68. The molecule has 1 N–H and O–H groups in total. The number of amides is 1. The Balaban J connectivity index is 2.14. The van der Waals surface area contributed by atoms with Gasteiger partial charge in [0.05, 0.1) is 25.2 Å². The number of hydrogen-bond acceptors (Lipinski definition) is 5. The quantitative estimate of drug-likeness (QED) is 0.620. The molecule has 0 spiro atoms.